The zero-order valence-corrected chi connectivity index (χ0v) is 10.1. The summed E-state index contributed by atoms with van der Waals surface area (Å²) in [6.07, 6.45) is 0. The van der Waals surface area contributed by atoms with Crippen LogP contribution >= 0.6 is 22.9 Å². The Morgan fingerprint density at radius 2 is 2.12 bits per heavy atom. The Bertz CT molecular complexity index is 407. The molecule has 0 saturated carbocycles. The molecule has 0 aliphatic rings. The van der Waals surface area contributed by atoms with Gasteiger partial charge >= 0.3 is 11.9 Å². The molecule has 0 saturated heterocycles. The number of rotatable bonds is 4. The molecule has 0 fully saturated rings. The summed E-state index contributed by atoms with van der Waals surface area (Å²) in [5.41, 5.74) is 0. The number of ether oxygens (including phenoxy) is 2. The largest absolute Gasteiger partial charge is 0.468 e. The normalized spacial score (nSPS) is 9.69. The topological polar surface area (TPSA) is 77.5 Å². The van der Waals surface area contributed by atoms with Gasteiger partial charge in [-0.1, -0.05) is 22.9 Å². The Morgan fingerprint density at radius 1 is 1.44 bits per heavy atom. The van der Waals surface area contributed by atoms with E-state index < -0.39 is 11.9 Å². The van der Waals surface area contributed by atoms with Gasteiger partial charge in [0.05, 0.1) is 14.2 Å². The number of carbonyl (C=O) groups is 2. The molecule has 0 radical (unpaired) electrons. The number of anilines is 1. The van der Waals surface area contributed by atoms with Gasteiger partial charge in [-0.25, -0.2) is 9.78 Å². The fraction of sp³-hybridized carbons (Fsp3) is 0.375. The number of nitrogens with zero attached hydrogens (tertiary/aromatic N) is 1. The van der Waals surface area contributed by atoms with E-state index in [2.05, 4.69) is 19.8 Å². The highest BCUT2D eigenvalue weighted by Gasteiger charge is 2.17. The van der Waals surface area contributed by atoms with Crippen LogP contribution in [0.5, 0.6) is 0 Å². The number of hydrogen-bond donors (Lipinski definition) is 1. The first kappa shape index (κ1) is 12.7. The summed E-state index contributed by atoms with van der Waals surface area (Å²) in [5.74, 6) is -1.00. The SMILES string of the molecule is COC(=O)CNc1nc(Cl)c(C(=O)OC)s1. The maximum absolute atomic E-state index is 11.2. The van der Waals surface area contributed by atoms with E-state index in [1.54, 1.807) is 0 Å². The third kappa shape index (κ3) is 3.07. The van der Waals surface area contributed by atoms with Crippen LogP contribution in [-0.2, 0) is 14.3 Å². The lowest BCUT2D eigenvalue weighted by atomic mass is 10.6. The predicted molar refractivity (Wildman–Crippen MR) is 59.0 cm³/mol. The van der Waals surface area contributed by atoms with Crippen molar-refractivity contribution in [3.05, 3.63) is 10.0 Å². The lowest BCUT2D eigenvalue weighted by molar-refractivity contribution is -0.138. The molecule has 1 heterocycles. The maximum Gasteiger partial charge on any atom is 0.351 e. The molecule has 1 N–H and O–H groups in total. The summed E-state index contributed by atoms with van der Waals surface area (Å²) in [6.45, 7) is -0.0407. The van der Waals surface area contributed by atoms with Crippen molar-refractivity contribution in [1.82, 2.24) is 4.98 Å². The van der Waals surface area contributed by atoms with Crippen molar-refractivity contribution in [2.45, 2.75) is 0 Å². The summed E-state index contributed by atoms with van der Waals surface area (Å²) >= 11 is 6.72. The lowest BCUT2D eigenvalue weighted by Gasteiger charge is -1.99. The van der Waals surface area contributed by atoms with Gasteiger partial charge in [-0.15, -0.1) is 0 Å². The molecule has 1 aromatic heterocycles. The van der Waals surface area contributed by atoms with Crippen molar-refractivity contribution >= 4 is 40.0 Å². The third-order valence-corrected chi connectivity index (χ3v) is 2.95. The fourth-order valence-corrected chi connectivity index (χ4v) is 1.91. The summed E-state index contributed by atoms with van der Waals surface area (Å²) < 4.78 is 8.93. The van der Waals surface area contributed by atoms with E-state index in [4.69, 9.17) is 11.6 Å². The monoisotopic (exact) mass is 264 g/mol. The Balaban J connectivity index is 2.69. The van der Waals surface area contributed by atoms with Crippen LogP contribution in [0.3, 0.4) is 0 Å². The van der Waals surface area contributed by atoms with Crippen molar-refractivity contribution in [1.29, 1.82) is 0 Å². The second kappa shape index (κ2) is 5.66. The van der Waals surface area contributed by atoms with Gasteiger partial charge in [-0.2, -0.15) is 0 Å². The number of methoxy groups -OCH3 is 2. The minimum Gasteiger partial charge on any atom is -0.468 e. The molecule has 6 nitrogen and oxygen atoms in total. The number of halogens is 1. The molecule has 8 heteroatoms. The second-order valence-corrected chi connectivity index (χ2v) is 3.92. The van der Waals surface area contributed by atoms with Gasteiger partial charge in [0, 0.05) is 0 Å². The summed E-state index contributed by atoms with van der Waals surface area (Å²) in [4.78, 5) is 26.1. The van der Waals surface area contributed by atoms with Crippen LogP contribution in [0.25, 0.3) is 0 Å². The predicted octanol–water partition coefficient (Wildman–Crippen LogP) is 1.17. The molecule has 0 bridgehead atoms. The Hall–Kier alpha value is -1.34. The van der Waals surface area contributed by atoms with Crippen molar-refractivity contribution < 1.29 is 19.1 Å². The molecule has 1 rings (SSSR count). The fourth-order valence-electron chi connectivity index (χ4n) is 0.816. The molecular formula is C8H9ClN2O4S. The van der Waals surface area contributed by atoms with Crippen LogP contribution in [0.15, 0.2) is 0 Å². The van der Waals surface area contributed by atoms with Gasteiger partial charge in [0.15, 0.2) is 15.2 Å². The summed E-state index contributed by atoms with van der Waals surface area (Å²) in [6, 6.07) is 0. The van der Waals surface area contributed by atoms with Gasteiger partial charge in [0.1, 0.15) is 6.54 Å². The van der Waals surface area contributed by atoms with E-state index in [0.717, 1.165) is 11.3 Å². The first-order valence-corrected chi connectivity index (χ1v) is 5.33. The van der Waals surface area contributed by atoms with Gasteiger partial charge in [-0.3, -0.25) is 4.79 Å². The average molecular weight is 265 g/mol. The molecule has 0 aromatic carbocycles. The van der Waals surface area contributed by atoms with E-state index in [9.17, 15) is 9.59 Å². The molecule has 1 aromatic rings. The molecule has 0 unspecified atom stereocenters. The zero-order chi connectivity index (χ0) is 12.1. The van der Waals surface area contributed by atoms with Crippen LogP contribution in [0, 0.1) is 0 Å². The number of thiazole rings is 1. The summed E-state index contributed by atoms with van der Waals surface area (Å²) in [7, 11) is 2.53. The third-order valence-electron chi connectivity index (χ3n) is 1.57. The molecule has 88 valence electrons. The van der Waals surface area contributed by atoms with Crippen molar-refractivity contribution in [3.8, 4) is 0 Å². The van der Waals surface area contributed by atoms with E-state index >= 15 is 0 Å². The average Bonchev–Trinajstić information content (AvgIpc) is 2.66. The van der Waals surface area contributed by atoms with Crippen LogP contribution in [-0.4, -0.2) is 37.7 Å². The molecule has 0 aliphatic heterocycles. The number of esters is 2. The van der Waals surface area contributed by atoms with Crippen molar-refractivity contribution in [3.63, 3.8) is 0 Å². The van der Waals surface area contributed by atoms with Gasteiger partial charge < -0.3 is 14.8 Å². The molecular weight excluding hydrogens is 256 g/mol. The second-order valence-electron chi connectivity index (χ2n) is 2.56. The van der Waals surface area contributed by atoms with Gasteiger partial charge in [0.2, 0.25) is 0 Å². The maximum atomic E-state index is 11.2. The smallest absolute Gasteiger partial charge is 0.351 e. The Labute approximate surface area is 101 Å². The first-order chi connectivity index (χ1) is 7.58. The van der Waals surface area contributed by atoms with Crippen LogP contribution < -0.4 is 5.32 Å². The minimum atomic E-state index is -0.561. The van der Waals surface area contributed by atoms with Gasteiger partial charge in [-0.05, 0) is 0 Å². The van der Waals surface area contributed by atoms with E-state index in [0.29, 0.717) is 5.13 Å². The lowest BCUT2D eigenvalue weighted by Crippen LogP contribution is -2.14. The highest BCUT2D eigenvalue weighted by Crippen LogP contribution is 2.27. The Morgan fingerprint density at radius 3 is 2.69 bits per heavy atom. The van der Waals surface area contributed by atoms with E-state index in [1.807, 2.05) is 0 Å². The molecule has 0 aliphatic carbocycles. The highest BCUT2D eigenvalue weighted by atomic mass is 35.5. The number of hydrogen-bond acceptors (Lipinski definition) is 7. The van der Waals surface area contributed by atoms with Gasteiger partial charge in [0.25, 0.3) is 0 Å². The minimum absolute atomic E-state index is 0.0407. The zero-order valence-electron chi connectivity index (χ0n) is 8.57. The molecule has 0 amide bonds. The Kier molecular flexibility index (Phi) is 4.51. The quantitative estimate of drug-likeness (QED) is 0.823. The molecule has 0 atom stereocenters. The van der Waals surface area contributed by atoms with Crippen LogP contribution in [0.2, 0.25) is 5.15 Å². The van der Waals surface area contributed by atoms with E-state index in [-0.39, 0.29) is 16.6 Å². The highest BCUT2D eigenvalue weighted by molar-refractivity contribution is 7.18. The van der Waals surface area contributed by atoms with E-state index in [1.165, 1.54) is 14.2 Å². The number of nitrogens with one attached hydrogen (secondary N) is 1. The van der Waals surface area contributed by atoms with Crippen molar-refractivity contribution in [2.75, 3.05) is 26.1 Å². The van der Waals surface area contributed by atoms with Crippen LogP contribution in [0.1, 0.15) is 9.67 Å². The molecule has 0 spiro atoms. The number of carbonyl (C=O) groups excluding carboxylic acids is 2. The summed E-state index contributed by atoms with van der Waals surface area (Å²) in [5, 5.41) is 3.08. The number of aromatic nitrogens is 1. The van der Waals surface area contributed by atoms with Crippen LogP contribution in [0.4, 0.5) is 5.13 Å². The van der Waals surface area contributed by atoms with Crippen molar-refractivity contribution in [2.24, 2.45) is 0 Å². The first-order valence-electron chi connectivity index (χ1n) is 4.13. The molecule has 16 heavy (non-hydrogen) atoms. The standard InChI is InChI=1S/C8H9ClN2O4S/c1-14-4(12)3-10-8-11-6(9)5(16-8)7(13)15-2/h3H2,1-2H3,(H,10,11).